The van der Waals surface area contributed by atoms with Crippen molar-refractivity contribution in [3.05, 3.63) is 175 Å². The molecule has 5 nitrogen and oxygen atoms in total. The van der Waals surface area contributed by atoms with E-state index in [1.165, 1.54) is 0 Å². The zero-order valence-corrected chi connectivity index (χ0v) is 28.8. The van der Waals surface area contributed by atoms with E-state index in [2.05, 4.69) is 109 Å². The molecule has 0 saturated carbocycles. The first-order valence-electron chi connectivity index (χ1n) is 17.7. The van der Waals surface area contributed by atoms with Crippen molar-refractivity contribution in [2.45, 2.75) is 6.92 Å². The Bertz CT molecular complexity index is 3000. The number of aromatic nitrogens is 3. The molecule has 0 aliphatic carbocycles. The summed E-state index contributed by atoms with van der Waals surface area (Å²) in [5, 5.41) is 6.70. The van der Waals surface area contributed by atoms with Gasteiger partial charge in [0.25, 0.3) is 0 Å². The Morgan fingerprint density at radius 2 is 1.06 bits per heavy atom. The van der Waals surface area contributed by atoms with Crippen LogP contribution in [0.25, 0.3) is 88.8 Å². The number of benzene rings is 8. The molecule has 5 heteroatoms. The molecule has 0 radical (unpaired) electrons. The number of para-hydroxylation sites is 2. The Morgan fingerprint density at radius 1 is 0.434 bits per heavy atom. The molecule has 0 fully saturated rings. The first-order valence-corrected chi connectivity index (χ1v) is 17.7. The number of nitrogens with zero attached hydrogens (tertiary/aromatic N) is 3. The summed E-state index contributed by atoms with van der Waals surface area (Å²) in [6.45, 7) is 2.05. The van der Waals surface area contributed by atoms with E-state index in [-0.39, 0.29) is 0 Å². The Hall–Kier alpha value is -7.11. The summed E-state index contributed by atoms with van der Waals surface area (Å²) in [6, 6.07) is 58.0. The minimum absolute atomic E-state index is 0.588. The predicted octanol–water partition coefficient (Wildman–Crippen LogP) is 12.8. The number of hydrogen-bond acceptors (Lipinski definition) is 5. The number of fused-ring (bicyclic) bond motifs is 5. The minimum Gasteiger partial charge on any atom is -0.457 e. The fourth-order valence-electron chi connectivity index (χ4n) is 7.27. The van der Waals surface area contributed by atoms with Crippen LogP contribution >= 0.6 is 0 Å². The lowest BCUT2D eigenvalue weighted by Gasteiger charge is -2.14. The van der Waals surface area contributed by atoms with Crippen molar-refractivity contribution in [2.24, 2.45) is 0 Å². The highest BCUT2D eigenvalue weighted by atomic mass is 16.5. The van der Waals surface area contributed by atoms with E-state index in [1.54, 1.807) is 0 Å². The molecular formula is C48H31N3O2. The van der Waals surface area contributed by atoms with Gasteiger partial charge in [-0.1, -0.05) is 109 Å². The molecule has 10 aromatic rings. The summed E-state index contributed by atoms with van der Waals surface area (Å²) < 4.78 is 12.5. The molecule has 2 heterocycles. The van der Waals surface area contributed by atoms with Gasteiger partial charge in [-0.15, -0.1) is 0 Å². The Labute approximate surface area is 305 Å². The minimum atomic E-state index is 0.588. The van der Waals surface area contributed by atoms with Crippen molar-refractivity contribution in [3.8, 4) is 56.8 Å². The number of rotatable bonds is 6. The number of furan rings is 1. The van der Waals surface area contributed by atoms with Crippen LogP contribution in [-0.4, -0.2) is 15.0 Å². The van der Waals surface area contributed by atoms with Gasteiger partial charge in [0.1, 0.15) is 22.7 Å². The van der Waals surface area contributed by atoms with Gasteiger partial charge >= 0.3 is 0 Å². The van der Waals surface area contributed by atoms with E-state index in [0.29, 0.717) is 17.5 Å². The van der Waals surface area contributed by atoms with Crippen molar-refractivity contribution in [1.29, 1.82) is 0 Å². The second-order valence-electron chi connectivity index (χ2n) is 13.3. The predicted molar refractivity (Wildman–Crippen MR) is 215 cm³/mol. The molecule has 53 heavy (non-hydrogen) atoms. The van der Waals surface area contributed by atoms with Crippen LogP contribution in [-0.2, 0) is 0 Å². The van der Waals surface area contributed by atoms with Gasteiger partial charge in [0.05, 0.1) is 0 Å². The van der Waals surface area contributed by atoms with Gasteiger partial charge in [-0.2, -0.15) is 0 Å². The van der Waals surface area contributed by atoms with Crippen LogP contribution in [0.1, 0.15) is 5.56 Å². The fourth-order valence-corrected chi connectivity index (χ4v) is 7.27. The molecule has 8 aromatic carbocycles. The summed E-state index contributed by atoms with van der Waals surface area (Å²) in [6.07, 6.45) is 0. The lowest BCUT2D eigenvalue weighted by Crippen LogP contribution is -2.01. The molecule has 2 aromatic heterocycles. The van der Waals surface area contributed by atoms with E-state index in [4.69, 9.17) is 24.1 Å². The SMILES string of the molecule is Cc1cc(-c2nc(-c3ccc4ccccc4c3)nc(-c3cc(-c4cccc5oc6ccccc6c45)c4ccccc4c3)n2)ccc1Oc1ccccc1. The topological polar surface area (TPSA) is 61.0 Å². The van der Waals surface area contributed by atoms with Gasteiger partial charge in [-0.3, -0.25) is 0 Å². The molecule has 250 valence electrons. The largest absolute Gasteiger partial charge is 0.457 e. The van der Waals surface area contributed by atoms with Crippen LogP contribution in [0.2, 0.25) is 0 Å². The Morgan fingerprint density at radius 3 is 1.87 bits per heavy atom. The average molecular weight is 682 g/mol. The van der Waals surface area contributed by atoms with Crippen LogP contribution < -0.4 is 4.74 Å². The third-order valence-corrected chi connectivity index (χ3v) is 9.86. The fraction of sp³-hybridized carbons (Fsp3) is 0.0208. The van der Waals surface area contributed by atoms with Crippen molar-refractivity contribution in [3.63, 3.8) is 0 Å². The molecule has 0 amide bonds. The maximum absolute atomic E-state index is 6.31. The van der Waals surface area contributed by atoms with Crippen LogP contribution in [0.3, 0.4) is 0 Å². The molecule has 0 aliphatic heterocycles. The number of aryl methyl sites for hydroxylation is 1. The molecule has 0 bridgehead atoms. The molecule has 0 saturated heterocycles. The molecular weight excluding hydrogens is 651 g/mol. The van der Waals surface area contributed by atoms with Gasteiger partial charge in [-0.05, 0) is 106 Å². The lowest BCUT2D eigenvalue weighted by molar-refractivity contribution is 0.479. The van der Waals surface area contributed by atoms with Gasteiger partial charge < -0.3 is 9.15 Å². The van der Waals surface area contributed by atoms with Crippen LogP contribution in [0, 0.1) is 6.92 Å². The van der Waals surface area contributed by atoms with Crippen LogP contribution in [0.15, 0.2) is 174 Å². The first-order chi connectivity index (χ1) is 26.1. The van der Waals surface area contributed by atoms with E-state index in [1.807, 2.05) is 67.6 Å². The van der Waals surface area contributed by atoms with Gasteiger partial charge in [0, 0.05) is 27.5 Å². The summed E-state index contributed by atoms with van der Waals surface area (Å²) >= 11 is 0. The molecule has 0 spiro atoms. The van der Waals surface area contributed by atoms with Crippen molar-refractivity contribution < 1.29 is 9.15 Å². The Balaban J connectivity index is 1.18. The normalized spacial score (nSPS) is 11.5. The van der Waals surface area contributed by atoms with Crippen molar-refractivity contribution in [1.82, 2.24) is 15.0 Å². The maximum Gasteiger partial charge on any atom is 0.164 e. The number of ether oxygens (including phenoxy) is 1. The molecule has 0 unspecified atom stereocenters. The van der Waals surface area contributed by atoms with Crippen molar-refractivity contribution >= 4 is 43.5 Å². The highest BCUT2D eigenvalue weighted by molar-refractivity contribution is 6.15. The summed E-state index contributed by atoms with van der Waals surface area (Å²) in [5.74, 6) is 3.36. The zero-order chi connectivity index (χ0) is 35.3. The second-order valence-corrected chi connectivity index (χ2v) is 13.3. The molecule has 0 N–H and O–H groups in total. The Kier molecular flexibility index (Phi) is 7.29. The van der Waals surface area contributed by atoms with Gasteiger partial charge in [0.15, 0.2) is 17.5 Å². The van der Waals surface area contributed by atoms with E-state index in [0.717, 1.165) is 88.4 Å². The summed E-state index contributed by atoms with van der Waals surface area (Å²) in [5.41, 5.74) is 7.59. The lowest BCUT2D eigenvalue weighted by atomic mass is 9.92. The smallest absolute Gasteiger partial charge is 0.164 e. The third-order valence-electron chi connectivity index (χ3n) is 9.86. The molecule has 0 aliphatic rings. The molecule has 10 rings (SSSR count). The highest BCUT2D eigenvalue weighted by Gasteiger charge is 2.19. The summed E-state index contributed by atoms with van der Waals surface area (Å²) in [4.78, 5) is 15.5. The average Bonchev–Trinajstić information content (AvgIpc) is 3.60. The van der Waals surface area contributed by atoms with E-state index in [9.17, 15) is 0 Å². The van der Waals surface area contributed by atoms with Crippen molar-refractivity contribution in [2.75, 3.05) is 0 Å². The van der Waals surface area contributed by atoms with E-state index < -0.39 is 0 Å². The monoisotopic (exact) mass is 681 g/mol. The zero-order valence-electron chi connectivity index (χ0n) is 28.8. The first kappa shape index (κ1) is 30.7. The van der Waals surface area contributed by atoms with Gasteiger partial charge in [0.2, 0.25) is 0 Å². The quantitative estimate of drug-likeness (QED) is 0.175. The second kappa shape index (κ2) is 12.6. The highest BCUT2D eigenvalue weighted by Crippen LogP contribution is 2.41. The van der Waals surface area contributed by atoms with Crippen LogP contribution in [0.4, 0.5) is 0 Å². The van der Waals surface area contributed by atoms with Crippen LogP contribution in [0.5, 0.6) is 11.5 Å². The third kappa shape index (κ3) is 5.56. The van der Waals surface area contributed by atoms with Gasteiger partial charge in [-0.25, -0.2) is 15.0 Å². The summed E-state index contributed by atoms with van der Waals surface area (Å²) in [7, 11) is 0. The number of hydrogen-bond donors (Lipinski definition) is 0. The maximum atomic E-state index is 6.31. The van der Waals surface area contributed by atoms with E-state index >= 15 is 0 Å². The standard InChI is InChI=1S/C48H31N3O2/c1-30-26-34(24-25-42(30)52-37-15-3-2-4-16-37)46-49-47(35-23-22-31-12-5-6-13-32(31)27-35)51-48(50-46)36-28-33-14-7-8-17-38(33)41(29-36)39-19-11-21-44-45(39)40-18-9-10-20-43(40)53-44/h2-29H,1H3. The molecule has 0 atom stereocenters.